The molecule has 0 spiro atoms. The molecule has 0 bridgehead atoms. The maximum absolute atomic E-state index is 12.7. The zero-order chi connectivity index (χ0) is 18.5. The number of aliphatic imine (C=N–C) groups is 1. The van der Waals surface area contributed by atoms with E-state index in [1.54, 1.807) is 22.7 Å². The summed E-state index contributed by atoms with van der Waals surface area (Å²) in [5, 5.41) is 1.25. The Morgan fingerprint density at radius 2 is 2.08 bits per heavy atom. The van der Waals surface area contributed by atoms with E-state index in [1.165, 1.54) is 0 Å². The van der Waals surface area contributed by atoms with Crippen LogP contribution in [0.3, 0.4) is 0 Å². The number of hydrogen-bond donors (Lipinski definition) is 0. The predicted molar refractivity (Wildman–Crippen MR) is 109 cm³/mol. The second kappa shape index (κ2) is 8.60. The third-order valence-electron chi connectivity index (χ3n) is 4.05. The summed E-state index contributed by atoms with van der Waals surface area (Å²) in [5.74, 6) is 1.58. The first-order valence-electron chi connectivity index (χ1n) is 8.51. The first-order valence-corrected chi connectivity index (χ1v) is 9.87. The molecular weight excluding hydrogens is 368 g/mol. The van der Waals surface area contributed by atoms with Crippen LogP contribution in [0.5, 0.6) is 5.75 Å². The normalized spacial score (nSPS) is 16.0. The summed E-state index contributed by atoms with van der Waals surface area (Å²) in [7, 11) is 0. The van der Waals surface area contributed by atoms with E-state index in [0.717, 1.165) is 29.1 Å². The number of ether oxygens (including phenoxy) is 1. The average Bonchev–Trinajstić information content (AvgIpc) is 2.64. The Balaban J connectivity index is 1.74. The number of hydrogen-bond acceptors (Lipinski definition) is 4. The molecule has 1 saturated heterocycles. The summed E-state index contributed by atoms with van der Waals surface area (Å²) < 4.78 is 5.77. The van der Waals surface area contributed by atoms with E-state index in [9.17, 15) is 4.79 Å². The standard InChI is InChI=1S/C20H21ClN2O2S/c1-14-8-9-15(2)18(12-14)25-13-19(24)23-10-5-11-26-20(23)22-17-7-4-3-6-16(17)21/h3-4,6-9,12H,5,10-11,13H2,1-2H3. The lowest BCUT2D eigenvalue weighted by molar-refractivity contribution is -0.129. The minimum Gasteiger partial charge on any atom is -0.483 e. The Hall–Kier alpha value is -1.98. The number of carbonyl (C=O) groups excluding carboxylic acids is 1. The van der Waals surface area contributed by atoms with E-state index in [0.29, 0.717) is 22.4 Å². The first kappa shape index (κ1) is 18.8. The highest BCUT2D eigenvalue weighted by Crippen LogP contribution is 2.28. The van der Waals surface area contributed by atoms with Gasteiger partial charge in [0.05, 0.1) is 10.7 Å². The first-order chi connectivity index (χ1) is 12.5. The van der Waals surface area contributed by atoms with Crippen LogP contribution in [0.25, 0.3) is 0 Å². The topological polar surface area (TPSA) is 41.9 Å². The zero-order valence-corrected chi connectivity index (χ0v) is 16.4. The van der Waals surface area contributed by atoms with Gasteiger partial charge in [-0.05, 0) is 49.6 Å². The highest BCUT2D eigenvalue weighted by atomic mass is 35.5. The molecule has 0 aromatic heterocycles. The molecule has 1 heterocycles. The molecule has 1 fully saturated rings. The molecule has 0 unspecified atom stereocenters. The van der Waals surface area contributed by atoms with Crippen LogP contribution in [-0.2, 0) is 4.79 Å². The number of nitrogens with zero attached hydrogens (tertiary/aromatic N) is 2. The minimum absolute atomic E-state index is 0.00754. The lowest BCUT2D eigenvalue weighted by atomic mass is 10.1. The van der Waals surface area contributed by atoms with Crippen LogP contribution in [0.1, 0.15) is 17.5 Å². The molecule has 0 atom stereocenters. The summed E-state index contributed by atoms with van der Waals surface area (Å²) in [5.41, 5.74) is 2.79. The van der Waals surface area contributed by atoms with Crippen molar-refractivity contribution in [2.75, 3.05) is 18.9 Å². The van der Waals surface area contributed by atoms with Crippen molar-refractivity contribution in [2.24, 2.45) is 4.99 Å². The van der Waals surface area contributed by atoms with Crippen molar-refractivity contribution in [3.05, 3.63) is 58.6 Å². The van der Waals surface area contributed by atoms with Gasteiger partial charge in [-0.25, -0.2) is 4.99 Å². The van der Waals surface area contributed by atoms with Gasteiger partial charge in [-0.15, -0.1) is 0 Å². The molecule has 0 radical (unpaired) electrons. The summed E-state index contributed by atoms with van der Waals surface area (Å²) in [4.78, 5) is 19.0. The Morgan fingerprint density at radius 3 is 2.88 bits per heavy atom. The van der Waals surface area contributed by atoms with Gasteiger partial charge in [0.1, 0.15) is 5.75 Å². The smallest absolute Gasteiger partial charge is 0.266 e. The number of benzene rings is 2. The number of para-hydroxylation sites is 1. The summed E-state index contributed by atoms with van der Waals surface area (Å²) in [6.45, 7) is 4.61. The van der Waals surface area contributed by atoms with Gasteiger partial charge >= 0.3 is 0 Å². The Kier molecular flexibility index (Phi) is 6.22. The number of thioether (sulfide) groups is 1. The SMILES string of the molecule is Cc1ccc(C)c(OCC(=O)N2CCCSC2=Nc2ccccc2Cl)c1. The zero-order valence-electron chi connectivity index (χ0n) is 14.9. The molecular formula is C20H21ClN2O2S. The quantitative estimate of drug-likeness (QED) is 0.741. The molecule has 3 rings (SSSR count). The van der Waals surface area contributed by atoms with Gasteiger partial charge in [-0.3, -0.25) is 9.69 Å². The van der Waals surface area contributed by atoms with Crippen molar-refractivity contribution in [1.29, 1.82) is 0 Å². The largest absolute Gasteiger partial charge is 0.483 e. The van der Waals surface area contributed by atoms with Crippen molar-refractivity contribution in [3.8, 4) is 5.75 Å². The molecule has 6 heteroatoms. The molecule has 1 aliphatic rings. The maximum Gasteiger partial charge on any atom is 0.266 e. The lowest BCUT2D eigenvalue weighted by Crippen LogP contribution is -2.41. The van der Waals surface area contributed by atoms with E-state index in [-0.39, 0.29) is 12.5 Å². The fourth-order valence-electron chi connectivity index (χ4n) is 2.61. The third-order valence-corrected chi connectivity index (χ3v) is 5.43. The van der Waals surface area contributed by atoms with Crippen LogP contribution in [0.15, 0.2) is 47.5 Å². The number of carbonyl (C=O) groups is 1. The van der Waals surface area contributed by atoms with E-state index in [1.807, 2.05) is 50.2 Å². The second-order valence-corrected chi connectivity index (χ2v) is 7.62. The molecule has 1 aliphatic heterocycles. The highest BCUT2D eigenvalue weighted by Gasteiger charge is 2.24. The third kappa shape index (κ3) is 4.59. The van der Waals surface area contributed by atoms with Gasteiger partial charge in [0.2, 0.25) is 0 Å². The lowest BCUT2D eigenvalue weighted by Gasteiger charge is -2.28. The fourth-order valence-corrected chi connectivity index (χ4v) is 3.76. The maximum atomic E-state index is 12.7. The van der Waals surface area contributed by atoms with Crippen LogP contribution in [0.4, 0.5) is 5.69 Å². The van der Waals surface area contributed by atoms with E-state index in [2.05, 4.69) is 4.99 Å². The van der Waals surface area contributed by atoms with Crippen LogP contribution in [0.2, 0.25) is 5.02 Å². The van der Waals surface area contributed by atoms with Gasteiger partial charge in [-0.1, -0.05) is 47.6 Å². The van der Waals surface area contributed by atoms with Crippen LogP contribution in [-0.4, -0.2) is 34.9 Å². The molecule has 0 N–H and O–H groups in total. The number of halogens is 1. The predicted octanol–water partition coefficient (Wildman–Crippen LogP) is 4.99. The van der Waals surface area contributed by atoms with Gasteiger partial charge in [0.15, 0.2) is 11.8 Å². The summed E-state index contributed by atoms with van der Waals surface area (Å²) >= 11 is 7.77. The molecule has 0 aliphatic carbocycles. The molecule has 26 heavy (non-hydrogen) atoms. The van der Waals surface area contributed by atoms with E-state index < -0.39 is 0 Å². The molecule has 0 saturated carbocycles. The van der Waals surface area contributed by atoms with Gasteiger partial charge in [0.25, 0.3) is 5.91 Å². The van der Waals surface area contributed by atoms with Gasteiger partial charge in [0, 0.05) is 12.3 Å². The Morgan fingerprint density at radius 1 is 1.27 bits per heavy atom. The van der Waals surface area contributed by atoms with Gasteiger partial charge < -0.3 is 4.74 Å². The van der Waals surface area contributed by atoms with Crippen LogP contribution >= 0.6 is 23.4 Å². The van der Waals surface area contributed by atoms with Gasteiger partial charge in [-0.2, -0.15) is 0 Å². The number of amidine groups is 1. The molecule has 2 aromatic carbocycles. The number of rotatable bonds is 4. The molecule has 2 aromatic rings. The molecule has 1 amide bonds. The molecule has 136 valence electrons. The Labute approximate surface area is 163 Å². The highest BCUT2D eigenvalue weighted by molar-refractivity contribution is 8.13. The van der Waals surface area contributed by atoms with E-state index in [4.69, 9.17) is 16.3 Å². The van der Waals surface area contributed by atoms with Crippen molar-refractivity contribution in [2.45, 2.75) is 20.3 Å². The fraction of sp³-hybridized carbons (Fsp3) is 0.300. The number of aryl methyl sites for hydroxylation is 2. The summed E-state index contributed by atoms with van der Waals surface area (Å²) in [6, 6.07) is 13.4. The van der Waals surface area contributed by atoms with Crippen molar-refractivity contribution >= 4 is 40.1 Å². The average molecular weight is 389 g/mol. The van der Waals surface area contributed by atoms with Crippen LogP contribution < -0.4 is 4.74 Å². The van der Waals surface area contributed by atoms with Crippen molar-refractivity contribution in [3.63, 3.8) is 0 Å². The van der Waals surface area contributed by atoms with Crippen LogP contribution in [0, 0.1) is 13.8 Å². The minimum atomic E-state index is -0.0936. The molecule has 4 nitrogen and oxygen atoms in total. The number of amides is 1. The summed E-state index contributed by atoms with van der Waals surface area (Å²) in [6.07, 6.45) is 0.932. The second-order valence-electron chi connectivity index (χ2n) is 6.15. The van der Waals surface area contributed by atoms with E-state index >= 15 is 0 Å². The monoisotopic (exact) mass is 388 g/mol. The Bertz CT molecular complexity index is 838. The van der Waals surface area contributed by atoms with Crippen molar-refractivity contribution < 1.29 is 9.53 Å². The van der Waals surface area contributed by atoms with Crippen molar-refractivity contribution in [1.82, 2.24) is 4.90 Å².